The zero-order valence-corrected chi connectivity index (χ0v) is 11.9. The SMILES string of the molecule is CCSc1cccc(Sc2cnccn2)c1C(=O)O. The highest BCUT2D eigenvalue weighted by atomic mass is 32.2. The minimum absolute atomic E-state index is 0.338. The van der Waals surface area contributed by atoms with Gasteiger partial charge in [0.1, 0.15) is 5.03 Å². The summed E-state index contributed by atoms with van der Waals surface area (Å²) in [6.07, 6.45) is 4.80. The smallest absolute Gasteiger partial charge is 0.337 e. The quantitative estimate of drug-likeness (QED) is 0.852. The summed E-state index contributed by atoms with van der Waals surface area (Å²) in [5.41, 5.74) is 0.338. The van der Waals surface area contributed by atoms with Crippen molar-refractivity contribution in [3.63, 3.8) is 0 Å². The first kappa shape index (κ1) is 13.9. The van der Waals surface area contributed by atoms with Crippen molar-refractivity contribution in [3.8, 4) is 0 Å². The summed E-state index contributed by atoms with van der Waals surface area (Å²) in [5.74, 6) is -0.0811. The molecule has 0 spiro atoms. The van der Waals surface area contributed by atoms with Gasteiger partial charge in [-0.15, -0.1) is 11.8 Å². The Labute approximate surface area is 119 Å². The summed E-state index contributed by atoms with van der Waals surface area (Å²) in [7, 11) is 0. The van der Waals surface area contributed by atoms with Crippen LogP contribution in [-0.4, -0.2) is 26.8 Å². The number of benzene rings is 1. The average Bonchev–Trinajstić information content (AvgIpc) is 2.40. The third-order valence-electron chi connectivity index (χ3n) is 2.26. The normalized spacial score (nSPS) is 10.4. The Morgan fingerprint density at radius 3 is 2.74 bits per heavy atom. The predicted octanol–water partition coefficient (Wildman–Crippen LogP) is 3.44. The monoisotopic (exact) mass is 292 g/mol. The zero-order chi connectivity index (χ0) is 13.7. The van der Waals surface area contributed by atoms with Crippen LogP contribution in [0.3, 0.4) is 0 Å². The maximum atomic E-state index is 11.4. The Morgan fingerprint density at radius 2 is 2.11 bits per heavy atom. The van der Waals surface area contributed by atoms with E-state index in [1.807, 2.05) is 19.1 Å². The van der Waals surface area contributed by atoms with E-state index in [4.69, 9.17) is 0 Å². The number of carbonyl (C=O) groups is 1. The second kappa shape index (κ2) is 6.58. The van der Waals surface area contributed by atoms with Crippen LogP contribution in [0.25, 0.3) is 0 Å². The van der Waals surface area contributed by atoms with E-state index in [-0.39, 0.29) is 0 Å². The lowest BCUT2D eigenvalue weighted by atomic mass is 10.2. The number of aromatic carboxylic acids is 1. The molecule has 2 rings (SSSR count). The molecule has 0 radical (unpaired) electrons. The highest BCUT2D eigenvalue weighted by molar-refractivity contribution is 8.00. The summed E-state index contributed by atoms with van der Waals surface area (Å²) in [5, 5.41) is 10.1. The summed E-state index contributed by atoms with van der Waals surface area (Å²) in [4.78, 5) is 21.0. The molecule has 19 heavy (non-hydrogen) atoms. The van der Waals surface area contributed by atoms with Gasteiger partial charge in [-0.05, 0) is 17.9 Å². The number of carboxylic acids is 1. The summed E-state index contributed by atoms with van der Waals surface area (Å²) in [6.45, 7) is 2.00. The van der Waals surface area contributed by atoms with Gasteiger partial charge in [-0.1, -0.05) is 24.8 Å². The maximum absolute atomic E-state index is 11.4. The van der Waals surface area contributed by atoms with E-state index in [0.717, 1.165) is 10.6 Å². The van der Waals surface area contributed by atoms with Crippen molar-refractivity contribution in [1.29, 1.82) is 0 Å². The Bertz CT molecular complexity index is 576. The molecule has 0 atom stereocenters. The molecular formula is C13H12N2O2S2. The van der Waals surface area contributed by atoms with Gasteiger partial charge in [0.05, 0.1) is 11.8 Å². The van der Waals surface area contributed by atoms with Gasteiger partial charge >= 0.3 is 5.97 Å². The average molecular weight is 292 g/mol. The third kappa shape index (κ3) is 3.48. The highest BCUT2D eigenvalue weighted by Gasteiger charge is 2.16. The molecule has 1 heterocycles. The van der Waals surface area contributed by atoms with E-state index in [9.17, 15) is 9.90 Å². The highest BCUT2D eigenvalue weighted by Crippen LogP contribution is 2.34. The van der Waals surface area contributed by atoms with E-state index in [1.54, 1.807) is 24.7 Å². The number of rotatable bonds is 5. The molecular weight excluding hydrogens is 280 g/mol. The van der Waals surface area contributed by atoms with Gasteiger partial charge in [-0.2, -0.15) is 0 Å². The molecule has 2 aromatic rings. The van der Waals surface area contributed by atoms with Crippen molar-refractivity contribution in [2.75, 3.05) is 5.75 Å². The van der Waals surface area contributed by atoms with Crippen LogP contribution in [0.2, 0.25) is 0 Å². The molecule has 0 aliphatic rings. The fraction of sp³-hybridized carbons (Fsp3) is 0.154. The van der Waals surface area contributed by atoms with Crippen molar-refractivity contribution in [2.24, 2.45) is 0 Å². The van der Waals surface area contributed by atoms with E-state index >= 15 is 0 Å². The Kier molecular flexibility index (Phi) is 4.81. The number of nitrogens with zero attached hydrogens (tertiary/aromatic N) is 2. The molecule has 0 aliphatic carbocycles. The van der Waals surface area contributed by atoms with Crippen LogP contribution in [0, 0.1) is 0 Å². The molecule has 0 unspecified atom stereocenters. The fourth-order valence-electron chi connectivity index (χ4n) is 1.53. The van der Waals surface area contributed by atoms with Crippen LogP contribution in [0.15, 0.2) is 51.6 Å². The van der Waals surface area contributed by atoms with Crippen molar-refractivity contribution in [2.45, 2.75) is 21.7 Å². The van der Waals surface area contributed by atoms with Gasteiger partial charge in [-0.3, -0.25) is 4.98 Å². The molecule has 1 N–H and O–H groups in total. The van der Waals surface area contributed by atoms with Crippen molar-refractivity contribution in [3.05, 3.63) is 42.4 Å². The number of aromatic nitrogens is 2. The first-order valence-electron chi connectivity index (χ1n) is 5.65. The zero-order valence-electron chi connectivity index (χ0n) is 10.2. The van der Waals surface area contributed by atoms with Gasteiger partial charge in [0.2, 0.25) is 0 Å². The predicted molar refractivity (Wildman–Crippen MR) is 76.0 cm³/mol. The molecule has 6 heteroatoms. The first-order valence-corrected chi connectivity index (χ1v) is 7.45. The molecule has 4 nitrogen and oxygen atoms in total. The Morgan fingerprint density at radius 1 is 1.32 bits per heavy atom. The minimum atomic E-state index is -0.914. The lowest BCUT2D eigenvalue weighted by molar-refractivity contribution is 0.0689. The van der Waals surface area contributed by atoms with Crippen LogP contribution >= 0.6 is 23.5 Å². The van der Waals surface area contributed by atoms with Crippen LogP contribution < -0.4 is 0 Å². The minimum Gasteiger partial charge on any atom is -0.478 e. The lowest BCUT2D eigenvalue weighted by Crippen LogP contribution is -2.01. The van der Waals surface area contributed by atoms with Crippen molar-refractivity contribution >= 4 is 29.5 Å². The van der Waals surface area contributed by atoms with E-state index in [0.29, 0.717) is 15.5 Å². The van der Waals surface area contributed by atoms with E-state index in [2.05, 4.69) is 9.97 Å². The van der Waals surface area contributed by atoms with Crippen LogP contribution in [0.4, 0.5) is 0 Å². The van der Waals surface area contributed by atoms with Crippen molar-refractivity contribution in [1.82, 2.24) is 9.97 Å². The molecule has 0 saturated carbocycles. The molecule has 1 aromatic heterocycles. The van der Waals surface area contributed by atoms with Gasteiger partial charge in [0.15, 0.2) is 0 Å². The van der Waals surface area contributed by atoms with Gasteiger partial charge in [0, 0.05) is 22.2 Å². The lowest BCUT2D eigenvalue weighted by Gasteiger charge is -2.09. The summed E-state index contributed by atoms with van der Waals surface area (Å²) >= 11 is 2.84. The number of carboxylic acid groups (broad SMARTS) is 1. The third-order valence-corrected chi connectivity index (χ3v) is 4.18. The van der Waals surface area contributed by atoms with Gasteiger partial charge < -0.3 is 5.11 Å². The Hall–Kier alpha value is -1.53. The Balaban J connectivity index is 2.39. The molecule has 1 aromatic carbocycles. The molecule has 98 valence electrons. The molecule has 0 amide bonds. The number of hydrogen-bond donors (Lipinski definition) is 1. The maximum Gasteiger partial charge on any atom is 0.337 e. The van der Waals surface area contributed by atoms with Gasteiger partial charge in [-0.25, -0.2) is 9.78 Å². The van der Waals surface area contributed by atoms with Crippen LogP contribution in [0.5, 0.6) is 0 Å². The van der Waals surface area contributed by atoms with Crippen LogP contribution in [-0.2, 0) is 0 Å². The fourth-order valence-corrected chi connectivity index (χ4v) is 3.32. The molecule has 0 fully saturated rings. The summed E-state index contributed by atoms with van der Waals surface area (Å²) in [6, 6.07) is 5.49. The summed E-state index contributed by atoms with van der Waals surface area (Å²) < 4.78 is 0. The molecule has 0 bridgehead atoms. The second-order valence-corrected chi connectivity index (χ2v) is 5.88. The number of thioether (sulfide) groups is 1. The van der Waals surface area contributed by atoms with E-state index in [1.165, 1.54) is 23.5 Å². The van der Waals surface area contributed by atoms with E-state index < -0.39 is 5.97 Å². The first-order chi connectivity index (χ1) is 9.22. The molecule has 0 saturated heterocycles. The molecule has 0 aliphatic heterocycles. The number of hydrogen-bond acceptors (Lipinski definition) is 5. The van der Waals surface area contributed by atoms with Crippen molar-refractivity contribution < 1.29 is 9.90 Å². The standard InChI is InChI=1S/C13H12N2O2S2/c1-2-18-9-4-3-5-10(12(9)13(16)17)19-11-8-14-6-7-15-11/h3-8H,2H2,1H3,(H,16,17). The topological polar surface area (TPSA) is 63.1 Å². The van der Waals surface area contributed by atoms with Gasteiger partial charge in [0.25, 0.3) is 0 Å². The second-order valence-electron chi connectivity index (χ2n) is 3.51. The largest absolute Gasteiger partial charge is 0.478 e. The van der Waals surface area contributed by atoms with Crippen LogP contribution in [0.1, 0.15) is 17.3 Å².